The summed E-state index contributed by atoms with van der Waals surface area (Å²) in [4.78, 5) is 0. The standard InChI is InChI=1S/C25H26N/c1-5-24-13-14-25(24,6-2)26-21-10-8-7-9-19(21)11-12-22(26)20-16-17(3)15-18(4)23(20)24/h7-16H,5-6H2,1-4H3/q+1. The molecule has 3 aromatic rings. The number of benzene rings is 2. The van der Waals surface area contributed by atoms with E-state index in [2.05, 4.69) is 92.9 Å². The van der Waals surface area contributed by atoms with E-state index in [0.29, 0.717) is 0 Å². The Morgan fingerprint density at radius 1 is 0.885 bits per heavy atom. The fraction of sp³-hybridized carbons (Fsp3) is 0.320. The number of hydrogen-bond acceptors (Lipinski definition) is 0. The third-order valence-corrected chi connectivity index (χ3v) is 6.95. The Labute approximate surface area is 156 Å². The molecule has 1 aromatic heterocycles. The van der Waals surface area contributed by atoms with Crippen molar-refractivity contribution in [3.05, 3.63) is 77.4 Å². The molecule has 5 rings (SSSR count). The SMILES string of the molecule is CCC12C=CC1(CC)[n+]1c(ccc3ccccc31)-c1cc(C)cc(C)c12. The van der Waals surface area contributed by atoms with Crippen molar-refractivity contribution >= 4 is 10.9 Å². The van der Waals surface area contributed by atoms with Crippen LogP contribution < -0.4 is 4.57 Å². The van der Waals surface area contributed by atoms with E-state index in [4.69, 9.17) is 0 Å². The number of para-hydroxylation sites is 1. The summed E-state index contributed by atoms with van der Waals surface area (Å²) in [6.07, 6.45) is 7.18. The molecule has 0 amide bonds. The Morgan fingerprint density at radius 3 is 2.38 bits per heavy atom. The van der Waals surface area contributed by atoms with E-state index in [9.17, 15) is 0 Å². The molecule has 1 aliphatic heterocycles. The van der Waals surface area contributed by atoms with E-state index in [1.54, 1.807) is 5.56 Å². The van der Waals surface area contributed by atoms with Gasteiger partial charge in [0.15, 0.2) is 5.54 Å². The first kappa shape index (κ1) is 15.8. The lowest BCUT2D eigenvalue weighted by Gasteiger charge is -2.53. The van der Waals surface area contributed by atoms with E-state index in [0.717, 1.165) is 12.8 Å². The number of allylic oxidation sites excluding steroid dienone is 2. The van der Waals surface area contributed by atoms with E-state index in [1.165, 1.54) is 33.3 Å². The van der Waals surface area contributed by atoms with Crippen molar-refractivity contribution in [1.29, 1.82) is 0 Å². The van der Waals surface area contributed by atoms with Gasteiger partial charge < -0.3 is 0 Å². The van der Waals surface area contributed by atoms with Gasteiger partial charge in [0.05, 0.1) is 11.0 Å². The van der Waals surface area contributed by atoms with Crippen LogP contribution in [0.3, 0.4) is 0 Å². The summed E-state index contributed by atoms with van der Waals surface area (Å²) in [5.41, 5.74) is 8.58. The fourth-order valence-corrected chi connectivity index (χ4v) is 5.85. The molecule has 26 heavy (non-hydrogen) atoms. The lowest BCUT2D eigenvalue weighted by molar-refractivity contribution is -0.736. The first-order valence-corrected chi connectivity index (χ1v) is 9.85. The number of aryl methyl sites for hydroxylation is 2. The minimum Gasteiger partial charge on any atom is -0.181 e. The maximum Gasteiger partial charge on any atom is 0.214 e. The Morgan fingerprint density at radius 2 is 1.69 bits per heavy atom. The molecule has 2 unspecified atom stereocenters. The number of rotatable bonds is 2. The van der Waals surface area contributed by atoms with Gasteiger partial charge in [-0.15, -0.1) is 0 Å². The lowest BCUT2D eigenvalue weighted by Crippen LogP contribution is -2.72. The van der Waals surface area contributed by atoms with Crippen LogP contribution >= 0.6 is 0 Å². The zero-order chi connectivity index (χ0) is 18.1. The van der Waals surface area contributed by atoms with Crippen LogP contribution in [0.1, 0.15) is 43.4 Å². The fourth-order valence-electron chi connectivity index (χ4n) is 5.85. The quantitative estimate of drug-likeness (QED) is 0.413. The van der Waals surface area contributed by atoms with Gasteiger partial charge >= 0.3 is 0 Å². The van der Waals surface area contributed by atoms with Crippen molar-refractivity contribution < 1.29 is 4.57 Å². The summed E-state index contributed by atoms with van der Waals surface area (Å²) in [5, 5.41) is 1.32. The van der Waals surface area contributed by atoms with Crippen LogP contribution in [-0.4, -0.2) is 0 Å². The highest BCUT2D eigenvalue weighted by atomic mass is 15.1. The summed E-state index contributed by atoms with van der Waals surface area (Å²) < 4.78 is 2.65. The van der Waals surface area contributed by atoms with Crippen LogP contribution in [0.15, 0.2) is 60.7 Å². The van der Waals surface area contributed by atoms with Crippen molar-refractivity contribution in [2.24, 2.45) is 0 Å². The van der Waals surface area contributed by atoms with Gasteiger partial charge in [0.2, 0.25) is 11.2 Å². The van der Waals surface area contributed by atoms with Crippen molar-refractivity contribution in [2.45, 2.75) is 51.5 Å². The number of pyridine rings is 1. The molecule has 1 aliphatic carbocycles. The van der Waals surface area contributed by atoms with Gasteiger partial charge in [-0.2, -0.15) is 4.57 Å². The Hall–Kier alpha value is -2.41. The van der Waals surface area contributed by atoms with Gasteiger partial charge in [-0.3, -0.25) is 0 Å². The normalized spacial score (nSPS) is 25.4. The molecule has 0 bridgehead atoms. The van der Waals surface area contributed by atoms with Gasteiger partial charge in [0.1, 0.15) is 0 Å². The van der Waals surface area contributed by atoms with Crippen molar-refractivity contribution in [2.75, 3.05) is 0 Å². The third kappa shape index (κ3) is 1.60. The summed E-state index contributed by atoms with van der Waals surface area (Å²) in [6, 6.07) is 18.2. The smallest absolute Gasteiger partial charge is 0.181 e. The van der Waals surface area contributed by atoms with Crippen molar-refractivity contribution in [1.82, 2.24) is 0 Å². The number of hydrogen-bond donors (Lipinski definition) is 0. The summed E-state index contributed by atoms with van der Waals surface area (Å²) >= 11 is 0. The monoisotopic (exact) mass is 340 g/mol. The van der Waals surface area contributed by atoms with Crippen LogP contribution in [0.4, 0.5) is 0 Å². The second kappa shape index (κ2) is 5.07. The molecular weight excluding hydrogens is 314 g/mol. The van der Waals surface area contributed by atoms with Gasteiger partial charge in [-0.25, -0.2) is 0 Å². The zero-order valence-corrected chi connectivity index (χ0v) is 16.1. The number of aromatic nitrogens is 1. The zero-order valence-electron chi connectivity index (χ0n) is 16.1. The first-order chi connectivity index (χ1) is 12.6. The summed E-state index contributed by atoms with van der Waals surface area (Å²) in [6.45, 7) is 9.22. The molecule has 0 fully saturated rings. The molecule has 1 heteroatoms. The second-order valence-electron chi connectivity index (χ2n) is 8.05. The molecule has 2 heterocycles. The minimum atomic E-state index is 0.0327. The van der Waals surface area contributed by atoms with Crippen LogP contribution in [-0.2, 0) is 11.0 Å². The first-order valence-electron chi connectivity index (χ1n) is 9.85. The van der Waals surface area contributed by atoms with Crippen LogP contribution in [0, 0.1) is 13.8 Å². The predicted molar refractivity (Wildman–Crippen MR) is 108 cm³/mol. The van der Waals surface area contributed by atoms with Crippen LogP contribution in [0.25, 0.3) is 22.2 Å². The largest absolute Gasteiger partial charge is 0.214 e. The molecule has 0 spiro atoms. The molecule has 0 N–H and O–H groups in total. The van der Waals surface area contributed by atoms with Gasteiger partial charge in [0, 0.05) is 23.9 Å². The topological polar surface area (TPSA) is 3.88 Å². The van der Waals surface area contributed by atoms with Gasteiger partial charge in [0.25, 0.3) is 0 Å². The Bertz CT molecular complexity index is 1090. The van der Waals surface area contributed by atoms with Crippen LogP contribution in [0.2, 0.25) is 0 Å². The average molecular weight is 340 g/mol. The van der Waals surface area contributed by atoms with E-state index >= 15 is 0 Å². The summed E-state index contributed by atoms with van der Waals surface area (Å²) in [7, 11) is 0. The Kier molecular flexibility index (Phi) is 3.08. The molecular formula is C25H26N+. The molecule has 0 radical (unpaired) electrons. The molecule has 2 atom stereocenters. The molecule has 0 saturated carbocycles. The third-order valence-electron chi connectivity index (χ3n) is 6.95. The predicted octanol–water partition coefficient (Wildman–Crippen LogP) is 5.75. The Balaban J connectivity index is 2.03. The van der Waals surface area contributed by atoms with E-state index in [-0.39, 0.29) is 11.0 Å². The minimum absolute atomic E-state index is 0.0327. The molecule has 0 saturated heterocycles. The van der Waals surface area contributed by atoms with Crippen molar-refractivity contribution in [3.63, 3.8) is 0 Å². The van der Waals surface area contributed by atoms with E-state index in [1.807, 2.05) is 0 Å². The highest BCUT2D eigenvalue weighted by molar-refractivity contribution is 5.80. The number of fused-ring (bicyclic) bond motifs is 8. The molecule has 130 valence electrons. The molecule has 1 nitrogen and oxygen atoms in total. The van der Waals surface area contributed by atoms with E-state index < -0.39 is 0 Å². The molecule has 2 aromatic carbocycles. The highest BCUT2D eigenvalue weighted by Gasteiger charge is 2.65. The lowest BCUT2D eigenvalue weighted by atomic mass is 9.51. The second-order valence-corrected chi connectivity index (χ2v) is 8.05. The summed E-state index contributed by atoms with van der Waals surface area (Å²) in [5.74, 6) is 0. The number of nitrogens with zero attached hydrogens (tertiary/aromatic N) is 1. The highest BCUT2D eigenvalue weighted by Crippen LogP contribution is 2.58. The maximum absolute atomic E-state index is 2.65. The van der Waals surface area contributed by atoms with Gasteiger partial charge in [-0.05, 0) is 55.7 Å². The maximum atomic E-state index is 2.65. The molecule has 2 aliphatic rings. The van der Waals surface area contributed by atoms with Gasteiger partial charge in [-0.1, -0.05) is 43.7 Å². The van der Waals surface area contributed by atoms with Crippen molar-refractivity contribution in [3.8, 4) is 11.3 Å². The van der Waals surface area contributed by atoms with Crippen LogP contribution in [0.5, 0.6) is 0 Å². The average Bonchev–Trinajstić information content (AvgIpc) is 2.63.